The van der Waals surface area contributed by atoms with E-state index in [2.05, 4.69) is 31.3 Å². The monoisotopic (exact) mass is 248 g/mol. The Kier molecular flexibility index (Phi) is 6.44. The quantitative estimate of drug-likeness (QED) is 0.778. The van der Waals surface area contributed by atoms with Gasteiger partial charge in [-0.15, -0.1) is 0 Å². The average Bonchev–Trinajstić information content (AvgIpc) is 2.42. The lowest BCUT2D eigenvalue weighted by Gasteiger charge is -2.16. The van der Waals surface area contributed by atoms with Gasteiger partial charge in [0, 0.05) is 6.54 Å². The third kappa shape index (κ3) is 4.88. The molecule has 2 atom stereocenters. The zero-order valence-electron chi connectivity index (χ0n) is 11.4. The number of unbranched alkanes of at least 4 members (excludes halogenated alkanes) is 1. The van der Waals surface area contributed by atoms with Gasteiger partial charge in [0.15, 0.2) is 0 Å². The molecule has 0 aliphatic rings. The standard InChI is InChI=1S/C15H24N2O/c1-3-4-10-14(16)15(18)17-11-12(2)13-8-6-5-7-9-13/h5-9,12,14H,3-4,10-11,16H2,1-2H3,(H,17,18). The minimum absolute atomic E-state index is 0.0359. The van der Waals surface area contributed by atoms with E-state index in [-0.39, 0.29) is 11.9 Å². The molecule has 1 aromatic carbocycles. The van der Waals surface area contributed by atoms with Gasteiger partial charge in [0.1, 0.15) is 0 Å². The Morgan fingerprint density at radius 1 is 1.33 bits per heavy atom. The van der Waals surface area contributed by atoms with E-state index in [9.17, 15) is 4.79 Å². The van der Waals surface area contributed by atoms with E-state index in [0.717, 1.165) is 19.3 Å². The highest BCUT2D eigenvalue weighted by molar-refractivity contribution is 5.81. The van der Waals surface area contributed by atoms with Gasteiger partial charge in [0.05, 0.1) is 6.04 Å². The smallest absolute Gasteiger partial charge is 0.236 e. The third-order valence-corrected chi connectivity index (χ3v) is 3.16. The van der Waals surface area contributed by atoms with Gasteiger partial charge in [-0.2, -0.15) is 0 Å². The highest BCUT2D eigenvalue weighted by atomic mass is 16.2. The summed E-state index contributed by atoms with van der Waals surface area (Å²) < 4.78 is 0. The molecule has 3 heteroatoms. The predicted octanol–water partition coefficient (Wildman–Crippen LogP) is 2.42. The van der Waals surface area contributed by atoms with Gasteiger partial charge < -0.3 is 11.1 Å². The molecule has 2 unspecified atom stereocenters. The summed E-state index contributed by atoms with van der Waals surface area (Å²) >= 11 is 0. The highest BCUT2D eigenvalue weighted by Gasteiger charge is 2.13. The van der Waals surface area contributed by atoms with E-state index < -0.39 is 0 Å². The fraction of sp³-hybridized carbons (Fsp3) is 0.533. The molecule has 0 spiro atoms. The maximum atomic E-state index is 11.7. The van der Waals surface area contributed by atoms with Gasteiger partial charge in [-0.25, -0.2) is 0 Å². The summed E-state index contributed by atoms with van der Waals surface area (Å²) in [7, 11) is 0. The van der Waals surface area contributed by atoms with Crippen LogP contribution in [0.1, 0.15) is 44.6 Å². The zero-order valence-corrected chi connectivity index (χ0v) is 11.4. The normalized spacial score (nSPS) is 13.9. The SMILES string of the molecule is CCCCC(N)C(=O)NCC(C)c1ccccc1. The fourth-order valence-corrected chi connectivity index (χ4v) is 1.84. The number of rotatable bonds is 7. The second-order valence-electron chi connectivity index (χ2n) is 4.81. The number of carbonyl (C=O) groups excluding carboxylic acids is 1. The largest absolute Gasteiger partial charge is 0.354 e. The second-order valence-corrected chi connectivity index (χ2v) is 4.81. The van der Waals surface area contributed by atoms with Gasteiger partial charge in [-0.05, 0) is 17.9 Å². The van der Waals surface area contributed by atoms with Crippen LogP contribution in [0.3, 0.4) is 0 Å². The van der Waals surface area contributed by atoms with Crippen molar-refractivity contribution in [3.05, 3.63) is 35.9 Å². The first-order valence-electron chi connectivity index (χ1n) is 6.73. The summed E-state index contributed by atoms with van der Waals surface area (Å²) in [5.41, 5.74) is 7.05. The molecule has 0 radical (unpaired) electrons. The Labute approximate surface area is 110 Å². The minimum atomic E-state index is -0.368. The number of nitrogens with one attached hydrogen (secondary N) is 1. The number of carbonyl (C=O) groups is 1. The molecule has 3 N–H and O–H groups in total. The lowest BCUT2D eigenvalue weighted by molar-refractivity contribution is -0.122. The summed E-state index contributed by atoms with van der Waals surface area (Å²) in [6.45, 7) is 4.85. The van der Waals surface area contributed by atoms with E-state index in [4.69, 9.17) is 5.73 Å². The topological polar surface area (TPSA) is 55.1 Å². The van der Waals surface area contributed by atoms with Crippen LogP contribution in [0.15, 0.2) is 30.3 Å². The van der Waals surface area contributed by atoms with Crippen molar-refractivity contribution in [2.24, 2.45) is 5.73 Å². The van der Waals surface area contributed by atoms with Crippen LogP contribution in [0.2, 0.25) is 0 Å². The van der Waals surface area contributed by atoms with Crippen molar-refractivity contribution in [3.8, 4) is 0 Å². The molecule has 1 rings (SSSR count). The Hall–Kier alpha value is -1.35. The summed E-state index contributed by atoms with van der Waals surface area (Å²) in [5, 5.41) is 2.93. The molecule has 0 aliphatic heterocycles. The van der Waals surface area contributed by atoms with Crippen LogP contribution in [0.4, 0.5) is 0 Å². The van der Waals surface area contributed by atoms with Crippen LogP contribution in [0, 0.1) is 0 Å². The zero-order chi connectivity index (χ0) is 13.4. The van der Waals surface area contributed by atoms with Crippen molar-refractivity contribution in [1.82, 2.24) is 5.32 Å². The van der Waals surface area contributed by atoms with Crippen molar-refractivity contribution < 1.29 is 4.79 Å². The van der Waals surface area contributed by atoms with Crippen LogP contribution in [-0.2, 0) is 4.79 Å². The van der Waals surface area contributed by atoms with Crippen molar-refractivity contribution in [1.29, 1.82) is 0 Å². The van der Waals surface area contributed by atoms with Crippen molar-refractivity contribution in [2.75, 3.05) is 6.54 Å². The summed E-state index contributed by atoms with van der Waals surface area (Å²) in [4.78, 5) is 11.7. The van der Waals surface area contributed by atoms with E-state index in [1.54, 1.807) is 0 Å². The van der Waals surface area contributed by atoms with Gasteiger partial charge in [-0.3, -0.25) is 4.79 Å². The Morgan fingerprint density at radius 3 is 2.61 bits per heavy atom. The first kappa shape index (κ1) is 14.7. The molecule has 0 aliphatic carbocycles. The number of hydrogen-bond donors (Lipinski definition) is 2. The van der Waals surface area contributed by atoms with Crippen LogP contribution >= 0.6 is 0 Å². The molecule has 0 bridgehead atoms. The lowest BCUT2D eigenvalue weighted by Crippen LogP contribution is -2.41. The first-order valence-corrected chi connectivity index (χ1v) is 6.73. The molecule has 3 nitrogen and oxygen atoms in total. The van der Waals surface area contributed by atoms with E-state index >= 15 is 0 Å². The lowest BCUT2D eigenvalue weighted by atomic mass is 10.0. The van der Waals surface area contributed by atoms with E-state index in [1.165, 1.54) is 5.56 Å². The predicted molar refractivity (Wildman–Crippen MR) is 75.4 cm³/mol. The van der Waals surface area contributed by atoms with Crippen molar-refractivity contribution >= 4 is 5.91 Å². The molecule has 0 saturated heterocycles. The molecular formula is C15H24N2O. The molecule has 0 aromatic heterocycles. The number of benzene rings is 1. The number of nitrogens with two attached hydrogens (primary N) is 1. The van der Waals surface area contributed by atoms with Crippen LogP contribution < -0.4 is 11.1 Å². The summed E-state index contributed by atoms with van der Waals surface area (Å²) in [5.74, 6) is 0.278. The second kappa shape index (κ2) is 7.88. The van der Waals surface area contributed by atoms with Gasteiger partial charge in [0.25, 0.3) is 0 Å². The molecule has 100 valence electrons. The van der Waals surface area contributed by atoms with Gasteiger partial charge in [0.2, 0.25) is 5.91 Å². The molecule has 0 fully saturated rings. The molecule has 0 heterocycles. The highest BCUT2D eigenvalue weighted by Crippen LogP contribution is 2.13. The molecule has 1 aromatic rings. The Balaban J connectivity index is 2.34. The van der Waals surface area contributed by atoms with Crippen molar-refractivity contribution in [2.45, 2.75) is 45.1 Å². The van der Waals surface area contributed by atoms with Gasteiger partial charge >= 0.3 is 0 Å². The third-order valence-electron chi connectivity index (χ3n) is 3.16. The maximum Gasteiger partial charge on any atom is 0.236 e. The van der Waals surface area contributed by atoms with Crippen molar-refractivity contribution in [3.63, 3.8) is 0 Å². The maximum absolute atomic E-state index is 11.7. The molecular weight excluding hydrogens is 224 g/mol. The fourth-order valence-electron chi connectivity index (χ4n) is 1.84. The van der Waals surface area contributed by atoms with Gasteiger partial charge in [-0.1, -0.05) is 57.0 Å². The number of hydrogen-bond acceptors (Lipinski definition) is 2. The number of amides is 1. The van der Waals surface area contributed by atoms with E-state index in [1.807, 2.05) is 18.2 Å². The first-order chi connectivity index (χ1) is 8.65. The molecule has 18 heavy (non-hydrogen) atoms. The average molecular weight is 248 g/mol. The molecule has 1 amide bonds. The van der Waals surface area contributed by atoms with Crippen LogP contribution in [-0.4, -0.2) is 18.5 Å². The molecule has 0 saturated carbocycles. The minimum Gasteiger partial charge on any atom is -0.354 e. The summed E-state index contributed by atoms with van der Waals surface area (Å²) in [6, 6.07) is 9.81. The van der Waals surface area contributed by atoms with Crippen LogP contribution in [0.5, 0.6) is 0 Å². The van der Waals surface area contributed by atoms with Crippen LogP contribution in [0.25, 0.3) is 0 Å². The summed E-state index contributed by atoms with van der Waals surface area (Å²) in [6.07, 6.45) is 2.84. The Morgan fingerprint density at radius 2 is 2.00 bits per heavy atom. The Bertz CT molecular complexity index is 351. The van der Waals surface area contributed by atoms with E-state index in [0.29, 0.717) is 12.5 Å².